The molecule has 0 saturated carbocycles. The van der Waals surface area contributed by atoms with Gasteiger partial charge in [-0.15, -0.1) is 0 Å². The molecule has 0 radical (unpaired) electrons. The smallest absolute Gasteiger partial charge is 0.256 e. The molecule has 0 aliphatic rings. The highest BCUT2D eigenvalue weighted by molar-refractivity contribution is 5.98. The Kier molecular flexibility index (Phi) is 5.62. The van der Waals surface area contributed by atoms with Crippen molar-refractivity contribution in [3.8, 4) is 0 Å². The van der Waals surface area contributed by atoms with Crippen molar-refractivity contribution < 1.29 is 4.79 Å². The first-order valence-electron chi connectivity index (χ1n) is 6.62. The molecule has 0 fully saturated rings. The molecule has 4 heteroatoms. The fourth-order valence-electron chi connectivity index (χ4n) is 1.99. The quantitative estimate of drug-likeness (QED) is 0.843. The number of nitrogens with two attached hydrogens (primary N) is 1. The minimum atomic E-state index is 0.00398. The van der Waals surface area contributed by atoms with Crippen molar-refractivity contribution in [1.82, 2.24) is 9.88 Å². The lowest BCUT2D eigenvalue weighted by Crippen LogP contribution is -2.35. The van der Waals surface area contributed by atoms with Gasteiger partial charge in [-0.2, -0.15) is 0 Å². The molecule has 0 aliphatic heterocycles. The molecule has 1 amide bonds. The van der Waals surface area contributed by atoms with Gasteiger partial charge in [0.2, 0.25) is 0 Å². The molecule has 100 valence electrons. The number of carbonyl (C=O) groups excluding carboxylic acids is 1. The molecule has 0 saturated heterocycles. The second-order valence-electron chi connectivity index (χ2n) is 4.49. The fourth-order valence-corrected chi connectivity index (χ4v) is 1.99. The van der Waals surface area contributed by atoms with Crippen LogP contribution in [0.15, 0.2) is 18.5 Å². The third-order valence-corrected chi connectivity index (χ3v) is 3.38. The van der Waals surface area contributed by atoms with Crippen molar-refractivity contribution in [3.05, 3.63) is 24.0 Å². The number of nitrogens with zero attached hydrogens (tertiary/aromatic N) is 2. The van der Waals surface area contributed by atoms with E-state index in [-0.39, 0.29) is 5.91 Å². The first-order valence-corrected chi connectivity index (χ1v) is 6.62. The van der Waals surface area contributed by atoms with E-state index in [0.717, 1.165) is 19.4 Å². The first-order chi connectivity index (χ1) is 8.63. The minimum absolute atomic E-state index is 0.00398. The number of aromatic nitrogens is 1. The Labute approximate surface area is 109 Å². The van der Waals surface area contributed by atoms with Gasteiger partial charge < -0.3 is 10.6 Å². The van der Waals surface area contributed by atoms with Crippen LogP contribution in [-0.2, 0) is 0 Å². The van der Waals surface area contributed by atoms with Crippen molar-refractivity contribution in [3.63, 3.8) is 0 Å². The summed E-state index contributed by atoms with van der Waals surface area (Å²) in [6.45, 7) is 7.82. The summed E-state index contributed by atoms with van der Waals surface area (Å²) in [4.78, 5) is 18.2. The third kappa shape index (κ3) is 3.45. The number of anilines is 1. The first kappa shape index (κ1) is 14.5. The second kappa shape index (κ2) is 6.99. The van der Waals surface area contributed by atoms with Crippen LogP contribution in [0.5, 0.6) is 0 Å². The highest BCUT2D eigenvalue weighted by Gasteiger charge is 2.19. The number of rotatable bonds is 6. The van der Waals surface area contributed by atoms with Crippen LogP contribution < -0.4 is 5.73 Å². The number of pyridine rings is 1. The highest BCUT2D eigenvalue weighted by Crippen LogP contribution is 2.15. The number of hydrogen-bond acceptors (Lipinski definition) is 3. The van der Waals surface area contributed by atoms with E-state index in [2.05, 4.69) is 18.8 Å². The lowest BCUT2D eigenvalue weighted by Gasteiger charge is -2.25. The Hall–Kier alpha value is -1.58. The predicted octanol–water partition coefficient (Wildman–Crippen LogP) is 2.56. The van der Waals surface area contributed by atoms with Crippen LogP contribution in [-0.4, -0.2) is 28.9 Å². The van der Waals surface area contributed by atoms with Crippen LogP contribution in [0.1, 0.15) is 44.0 Å². The van der Waals surface area contributed by atoms with Crippen molar-refractivity contribution >= 4 is 11.6 Å². The molecular weight excluding hydrogens is 226 g/mol. The summed E-state index contributed by atoms with van der Waals surface area (Å²) in [6, 6.07) is 1.69. The Morgan fingerprint density at radius 1 is 1.39 bits per heavy atom. The molecule has 0 aliphatic carbocycles. The normalized spacial score (nSPS) is 10.7. The average Bonchev–Trinajstić information content (AvgIpc) is 2.40. The summed E-state index contributed by atoms with van der Waals surface area (Å²) in [6.07, 6.45) is 5.31. The van der Waals surface area contributed by atoms with Crippen LogP contribution in [0.25, 0.3) is 0 Å². The standard InChI is InChI=1S/C14H23N3O/c1-4-11(5-2)10-17(6-3)14(18)12-7-8-16-9-13(12)15/h7-9,11H,4-6,10,15H2,1-3H3. The molecule has 1 aromatic rings. The van der Waals surface area contributed by atoms with Gasteiger partial charge in [-0.25, -0.2) is 0 Å². The molecule has 0 spiro atoms. The molecule has 4 nitrogen and oxygen atoms in total. The van der Waals surface area contributed by atoms with Gasteiger partial charge in [-0.05, 0) is 18.9 Å². The van der Waals surface area contributed by atoms with E-state index in [1.54, 1.807) is 12.3 Å². The summed E-state index contributed by atoms with van der Waals surface area (Å²) in [5, 5.41) is 0. The Balaban J connectivity index is 2.83. The Bertz CT molecular complexity index is 388. The predicted molar refractivity (Wildman–Crippen MR) is 74.3 cm³/mol. The summed E-state index contributed by atoms with van der Waals surface area (Å²) >= 11 is 0. The molecule has 18 heavy (non-hydrogen) atoms. The van der Waals surface area contributed by atoms with E-state index in [4.69, 9.17) is 5.73 Å². The minimum Gasteiger partial charge on any atom is -0.397 e. The Morgan fingerprint density at radius 3 is 2.56 bits per heavy atom. The van der Waals surface area contributed by atoms with Crippen molar-refractivity contribution in [2.75, 3.05) is 18.8 Å². The fraction of sp³-hybridized carbons (Fsp3) is 0.571. The molecule has 1 aromatic heterocycles. The Morgan fingerprint density at radius 2 is 2.06 bits per heavy atom. The molecule has 0 bridgehead atoms. The maximum atomic E-state index is 12.4. The number of amides is 1. The monoisotopic (exact) mass is 249 g/mol. The summed E-state index contributed by atoms with van der Waals surface area (Å²) in [5.74, 6) is 0.557. The van der Waals surface area contributed by atoms with Gasteiger partial charge in [-0.3, -0.25) is 9.78 Å². The molecule has 0 atom stereocenters. The van der Waals surface area contributed by atoms with Crippen LogP contribution >= 0.6 is 0 Å². The zero-order valence-electron chi connectivity index (χ0n) is 11.5. The number of carbonyl (C=O) groups is 1. The van der Waals surface area contributed by atoms with E-state index in [9.17, 15) is 4.79 Å². The van der Waals surface area contributed by atoms with Gasteiger partial charge in [0.1, 0.15) is 0 Å². The lowest BCUT2D eigenvalue weighted by molar-refractivity contribution is 0.0736. The largest absolute Gasteiger partial charge is 0.397 e. The molecular formula is C14H23N3O. The van der Waals surface area contributed by atoms with E-state index >= 15 is 0 Å². The van der Waals surface area contributed by atoms with E-state index in [1.807, 2.05) is 11.8 Å². The van der Waals surface area contributed by atoms with Crippen LogP contribution in [0.4, 0.5) is 5.69 Å². The maximum Gasteiger partial charge on any atom is 0.256 e. The molecule has 0 aromatic carbocycles. The maximum absolute atomic E-state index is 12.4. The lowest BCUT2D eigenvalue weighted by atomic mass is 10.0. The van der Waals surface area contributed by atoms with Crippen molar-refractivity contribution in [1.29, 1.82) is 0 Å². The third-order valence-electron chi connectivity index (χ3n) is 3.38. The van der Waals surface area contributed by atoms with E-state index in [0.29, 0.717) is 23.7 Å². The summed E-state index contributed by atoms with van der Waals surface area (Å²) < 4.78 is 0. The van der Waals surface area contributed by atoms with E-state index in [1.165, 1.54) is 6.20 Å². The van der Waals surface area contributed by atoms with Crippen molar-refractivity contribution in [2.45, 2.75) is 33.6 Å². The van der Waals surface area contributed by atoms with Crippen LogP contribution in [0.2, 0.25) is 0 Å². The van der Waals surface area contributed by atoms with Gasteiger partial charge in [0.15, 0.2) is 0 Å². The molecule has 1 heterocycles. The van der Waals surface area contributed by atoms with Gasteiger partial charge in [0, 0.05) is 19.3 Å². The molecule has 1 rings (SSSR count). The van der Waals surface area contributed by atoms with E-state index < -0.39 is 0 Å². The van der Waals surface area contributed by atoms with Crippen molar-refractivity contribution in [2.24, 2.45) is 5.92 Å². The zero-order chi connectivity index (χ0) is 13.5. The van der Waals surface area contributed by atoms with Gasteiger partial charge in [0.25, 0.3) is 5.91 Å². The SMILES string of the molecule is CCC(CC)CN(CC)C(=O)c1ccncc1N. The van der Waals surface area contributed by atoms with Crippen LogP contribution in [0.3, 0.4) is 0 Å². The molecule has 2 N–H and O–H groups in total. The zero-order valence-corrected chi connectivity index (χ0v) is 11.5. The topological polar surface area (TPSA) is 59.2 Å². The number of nitrogen functional groups attached to an aromatic ring is 1. The van der Waals surface area contributed by atoms with Gasteiger partial charge in [0.05, 0.1) is 17.4 Å². The molecule has 0 unspecified atom stereocenters. The number of hydrogen-bond donors (Lipinski definition) is 1. The van der Waals surface area contributed by atoms with Gasteiger partial charge >= 0.3 is 0 Å². The average molecular weight is 249 g/mol. The summed E-state index contributed by atoms with van der Waals surface area (Å²) in [7, 11) is 0. The second-order valence-corrected chi connectivity index (χ2v) is 4.49. The van der Waals surface area contributed by atoms with Crippen LogP contribution in [0, 0.1) is 5.92 Å². The van der Waals surface area contributed by atoms with Gasteiger partial charge in [-0.1, -0.05) is 26.7 Å². The highest BCUT2D eigenvalue weighted by atomic mass is 16.2. The summed E-state index contributed by atoms with van der Waals surface area (Å²) in [5.41, 5.74) is 6.80.